The molecule has 0 spiro atoms. The number of halogens is 2. The number of rotatable bonds is 2. The first kappa shape index (κ1) is 17.2. The van der Waals surface area contributed by atoms with Gasteiger partial charge in [-0.3, -0.25) is 5.21 Å². The van der Waals surface area contributed by atoms with Crippen LogP contribution in [-0.2, 0) is 0 Å². The lowest BCUT2D eigenvalue weighted by Gasteiger charge is -2.20. The molecule has 0 bridgehead atoms. The Morgan fingerprint density at radius 3 is 2.39 bits per heavy atom. The Bertz CT molecular complexity index is 797. The van der Waals surface area contributed by atoms with E-state index in [-0.39, 0.29) is 0 Å². The van der Waals surface area contributed by atoms with Gasteiger partial charge in [-0.05, 0) is 42.8 Å². The van der Waals surface area contributed by atoms with Crippen LogP contribution in [0.1, 0.15) is 29.7 Å². The van der Waals surface area contributed by atoms with Gasteiger partial charge in [0.1, 0.15) is 0 Å². The van der Waals surface area contributed by atoms with Crippen molar-refractivity contribution < 1.29 is 10.0 Å². The topological polar surface area (TPSA) is 66.6 Å². The zero-order valence-electron chi connectivity index (χ0n) is 12.3. The third-order valence-electron chi connectivity index (χ3n) is 3.23. The number of nitrogens with zero attached hydrogens (tertiary/aromatic N) is 1. The van der Waals surface area contributed by atoms with Gasteiger partial charge < -0.3 is 5.73 Å². The summed E-state index contributed by atoms with van der Waals surface area (Å²) in [5, 5.41) is 11.0. The smallest absolute Gasteiger partial charge is 0.339 e. The van der Waals surface area contributed by atoms with E-state index < -0.39 is 12.1 Å². The molecule has 0 saturated carbocycles. The number of hydroxylamine groups is 2. The minimum atomic E-state index is -0.912. The Morgan fingerprint density at radius 2 is 1.78 bits per heavy atom. The Hall–Kier alpha value is -2.19. The zero-order valence-corrected chi connectivity index (χ0v) is 13.8. The maximum Gasteiger partial charge on any atom is 0.339 e. The van der Waals surface area contributed by atoms with Crippen LogP contribution in [0.25, 0.3) is 0 Å². The maximum atomic E-state index is 11.0. The van der Waals surface area contributed by atoms with Gasteiger partial charge in [0.05, 0.1) is 16.1 Å². The molecule has 1 atom stereocenters. The third kappa shape index (κ3) is 4.40. The molecule has 0 radical (unpaired) electrons. The van der Waals surface area contributed by atoms with Gasteiger partial charge in [-0.15, -0.1) is 0 Å². The zero-order chi connectivity index (χ0) is 17.0. The maximum absolute atomic E-state index is 11.0. The van der Waals surface area contributed by atoms with Crippen LogP contribution in [0.4, 0.5) is 4.79 Å². The van der Waals surface area contributed by atoms with Crippen LogP contribution in [-0.4, -0.2) is 16.3 Å². The number of hydrogen-bond acceptors (Lipinski definition) is 2. The fraction of sp³-hybridized carbons (Fsp3) is 0.118. The summed E-state index contributed by atoms with van der Waals surface area (Å²) in [6, 6.07) is 10.8. The molecular formula is C17H14Cl2N2O2. The summed E-state index contributed by atoms with van der Waals surface area (Å²) in [6.45, 7) is 1.66. The number of urea groups is 1. The first-order chi connectivity index (χ1) is 10.9. The fourth-order valence-electron chi connectivity index (χ4n) is 1.93. The largest absolute Gasteiger partial charge is 0.350 e. The van der Waals surface area contributed by atoms with Crippen LogP contribution in [0.3, 0.4) is 0 Å². The molecule has 6 heteroatoms. The lowest BCUT2D eigenvalue weighted by atomic mass is 10.0. The molecule has 0 heterocycles. The molecule has 0 aromatic heterocycles. The highest BCUT2D eigenvalue weighted by atomic mass is 35.5. The van der Waals surface area contributed by atoms with E-state index in [0.717, 1.165) is 11.1 Å². The van der Waals surface area contributed by atoms with Crippen molar-refractivity contribution in [3.8, 4) is 11.8 Å². The second-order valence-electron chi connectivity index (χ2n) is 4.86. The summed E-state index contributed by atoms with van der Waals surface area (Å²) >= 11 is 11.8. The monoisotopic (exact) mass is 348 g/mol. The van der Waals surface area contributed by atoms with Crippen molar-refractivity contribution >= 4 is 29.2 Å². The van der Waals surface area contributed by atoms with Gasteiger partial charge in [-0.1, -0.05) is 47.2 Å². The average molecular weight is 349 g/mol. The lowest BCUT2D eigenvalue weighted by Crippen LogP contribution is -2.34. The molecule has 2 rings (SSSR count). The second-order valence-corrected chi connectivity index (χ2v) is 5.68. The van der Waals surface area contributed by atoms with E-state index in [1.807, 2.05) is 6.07 Å². The number of carbonyl (C=O) groups excluding carboxylic acids is 1. The number of nitrogens with two attached hydrogens (primary N) is 1. The number of amides is 2. The summed E-state index contributed by atoms with van der Waals surface area (Å²) in [7, 11) is 0. The molecule has 4 nitrogen and oxygen atoms in total. The van der Waals surface area contributed by atoms with E-state index >= 15 is 0 Å². The van der Waals surface area contributed by atoms with Gasteiger partial charge in [0, 0.05) is 11.1 Å². The lowest BCUT2D eigenvalue weighted by molar-refractivity contribution is -0.0710. The summed E-state index contributed by atoms with van der Waals surface area (Å²) in [4.78, 5) is 11.0. The SMILES string of the molecule is CC(c1cccc(C#Cc2ccc(Cl)c(Cl)c2)c1)N(O)C(N)=O. The minimum absolute atomic E-state index is 0.443. The predicted octanol–water partition coefficient (Wildman–Crippen LogP) is 4.22. The molecule has 2 amide bonds. The van der Waals surface area contributed by atoms with E-state index in [2.05, 4.69) is 11.8 Å². The van der Waals surface area contributed by atoms with E-state index in [4.69, 9.17) is 28.9 Å². The number of carbonyl (C=O) groups is 1. The van der Waals surface area contributed by atoms with Gasteiger partial charge in [0.15, 0.2) is 0 Å². The van der Waals surface area contributed by atoms with Crippen molar-refractivity contribution in [2.75, 3.05) is 0 Å². The number of hydrogen-bond donors (Lipinski definition) is 2. The molecule has 118 valence electrons. The molecule has 0 aliphatic carbocycles. The summed E-state index contributed by atoms with van der Waals surface area (Å²) in [5.41, 5.74) is 7.24. The summed E-state index contributed by atoms with van der Waals surface area (Å²) in [5.74, 6) is 5.99. The average Bonchev–Trinajstić information content (AvgIpc) is 2.54. The normalized spacial score (nSPS) is 11.3. The van der Waals surface area contributed by atoms with Gasteiger partial charge in [0.2, 0.25) is 0 Å². The summed E-state index contributed by atoms with van der Waals surface area (Å²) < 4.78 is 0. The molecule has 0 aliphatic rings. The van der Waals surface area contributed by atoms with E-state index in [9.17, 15) is 10.0 Å². The van der Waals surface area contributed by atoms with Gasteiger partial charge >= 0.3 is 6.03 Å². The quantitative estimate of drug-likeness (QED) is 0.484. The minimum Gasteiger partial charge on any atom is -0.350 e. The van der Waals surface area contributed by atoms with Gasteiger partial charge in [0.25, 0.3) is 0 Å². The third-order valence-corrected chi connectivity index (χ3v) is 3.97. The second kappa shape index (κ2) is 7.38. The first-order valence-corrected chi connectivity index (χ1v) is 7.48. The van der Waals surface area contributed by atoms with Crippen molar-refractivity contribution in [2.45, 2.75) is 13.0 Å². The van der Waals surface area contributed by atoms with Crippen LogP contribution < -0.4 is 5.73 Å². The van der Waals surface area contributed by atoms with E-state index in [0.29, 0.717) is 20.7 Å². The molecule has 0 aliphatic heterocycles. The van der Waals surface area contributed by atoms with E-state index in [1.54, 1.807) is 43.3 Å². The standard InChI is InChI=1S/C17H14Cl2N2O2/c1-11(21(23)17(20)22)14-4-2-3-12(9-14)5-6-13-7-8-15(18)16(19)10-13/h2-4,7-11,23H,1H3,(H2,20,22). The van der Waals surface area contributed by atoms with Crippen LogP contribution in [0.5, 0.6) is 0 Å². The van der Waals surface area contributed by atoms with Crippen molar-refractivity contribution in [2.24, 2.45) is 5.73 Å². The molecule has 2 aromatic carbocycles. The molecule has 23 heavy (non-hydrogen) atoms. The molecule has 1 unspecified atom stereocenters. The van der Waals surface area contributed by atoms with Crippen LogP contribution in [0, 0.1) is 11.8 Å². The summed E-state index contributed by atoms with van der Waals surface area (Å²) in [6.07, 6.45) is 0. The number of benzene rings is 2. The Kier molecular flexibility index (Phi) is 5.51. The Morgan fingerprint density at radius 1 is 1.13 bits per heavy atom. The van der Waals surface area contributed by atoms with Gasteiger partial charge in [-0.25, -0.2) is 4.79 Å². The van der Waals surface area contributed by atoms with Crippen molar-refractivity contribution in [1.82, 2.24) is 5.06 Å². The highest BCUT2D eigenvalue weighted by Gasteiger charge is 2.16. The van der Waals surface area contributed by atoms with Crippen LogP contribution >= 0.6 is 23.2 Å². The molecule has 0 fully saturated rings. The van der Waals surface area contributed by atoms with Crippen LogP contribution in [0.15, 0.2) is 42.5 Å². The highest BCUT2D eigenvalue weighted by molar-refractivity contribution is 6.42. The van der Waals surface area contributed by atoms with Crippen molar-refractivity contribution in [3.63, 3.8) is 0 Å². The molecule has 3 N–H and O–H groups in total. The van der Waals surface area contributed by atoms with Crippen LogP contribution in [0.2, 0.25) is 10.0 Å². The van der Waals surface area contributed by atoms with E-state index in [1.165, 1.54) is 0 Å². The Balaban J connectivity index is 2.25. The highest BCUT2D eigenvalue weighted by Crippen LogP contribution is 2.22. The number of primary amides is 1. The Labute approximate surface area is 144 Å². The van der Waals surface area contributed by atoms with Crippen molar-refractivity contribution in [3.05, 3.63) is 69.2 Å². The van der Waals surface area contributed by atoms with Gasteiger partial charge in [-0.2, -0.15) is 5.06 Å². The fourth-order valence-corrected chi connectivity index (χ4v) is 2.22. The predicted molar refractivity (Wildman–Crippen MR) is 90.5 cm³/mol. The molecule has 0 saturated heterocycles. The first-order valence-electron chi connectivity index (χ1n) is 6.73. The van der Waals surface area contributed by atoms with Crippen molar-refractivity contribution in [1.29, 1.82) is 0 Å². The molecule has 2 aromatic rings. The molecular weight excluding hydrogens is 335 g/mol.